The first kappa shape index (κ1) is 21.1. The number of aromatic nitrogens is 2. The Morgan fingerprint density at radius 1 is 1.04 bits per heavy atom. The lowest BCUT2D eigenvalue weighted by Gasteiger charge is -2.32. The molecule has 0 saturated carbocycles. The van der Waals surface area contributed by atoms with Crippen molar-refractivity contribution in [3.63, 3.8) is 0 Å². The summed E-state index contributed by atoms with van der Waals surface area (Å²) in [7, 11) is 0. The molecule has 2 saturated heterocycles. The van der Waals surface area contributed by atoms with Gasteiger partial charge in [-0.15, -0.1) is 0 Å². The van der Waals surface area contributed by atoms with Crippen molar-refractivity contribution >= 4 is 34.9 Å². The Kier molecular flexibility index (Phi) is 7.71. The molecule has 1 aromatic rings. The van der Waals surface area contributed by atoms with Crippen molar-refractivity contribution in [1.29, 1.82) is 0 Å². The zero-order valence-corrected chi connectivity index (χ0v) is 18.5. The normalized spacial score (nSPS) is 18.9. The van der Waals surface area contributed by atoms with Crippen LogP contribution in [0.4, 0.5) is 17.6 Å². The van der Waals surface area contributed by atoms with E-state index in [2.05, 4.69) is 47.3 Å². The van der Waals surface area contributed by atoms with Gasteiger partial charge in [0.05, 0.1) is 0 Å². The second kappa shape index (κ2) is 10.2. The molecule has 0 bridgehead atoms. The molecule has 3 rings (SSSR count). The number of hydrogen-bond acceptors (Lipinski definition) is 5. The third-order valence-electron chi connectivity index (χ3n) is 5.63. The summed E-state index contributed by atoms with van der Waals surface area (Å²) in [4.78, 5) is 14.5. The maximum absolute atomic E-state index is 5.46. The molecule has 0 aliphatic carbocycles. The van der Waals surface area contributed by atoms with Crippen LogP contribution >= 0.6 is 12.2 Å². The Bertz CT molecular complexity index is 634. The maximum Gasteiger partial charge on any atom is 0.232 e. The summed E-state index contributed by atoms with van der Waals surface area (Å²) in [5.41, 5.74) is 0. The first-order valence-electron chi connectivity index (χ1n) is 10.9. The average molecular weight is 405 g/mol. The van der Waals surface area contributed by atoms with Crippen LogP contribution in [0.25, 0.3) is 0 Å². The Morgan fingerprint density at radius 3 is 2.18 bits per heavy atom. The fourth-order valence-electron chi connectivity index (χ4n) is 3.78. The minimum atomic E-state index is 0.537. The molecule has 6 nitrogen and oxygen atoms in total. The molecule has 2 fully saturated rings. The number of anilines is 3. The van der Waals surface area contributed by atoms with Gasteiger partial charge in [-0.1, -0.05) is 33.6 Å². The fourth-order valence-corrected chi connectivity index (χ4v) is 3.96. The Hall–Kier alpha value is -1.63. The van der Waals surface area contributed by atoms with Crippen molar-refractivity contribution in [3.05, 3.63) is 6.07 Å². The smallest absolute Gasteiger partial charge is 0.232 e. The number of nitrogens with zero attached hydrogens (tertiary/aromatic N) is 4. The lowest BCUT2D eigenvalue weighted by Crippen LogP contribution is -2.35. The first-order valence-corrected chi connectivity index (χ1v) is 11.4. The van der Waals surface area contributed by atoms with E-state index in [1.165, 1.54) is 38.5 Å². The molecule has 1 aromatic heterocycles. The van der Waals surface area contributed by atoms with Gasteiger partial charge in [-0.2, -0.15) is 9.97 Å². The van der Waals surface area contributed by atoms with E-state index in [1.54, 1.807) is 0 Å². The van der Waals surface area contributed by atoms with Crippen molar-refractivity contribution in [2.24, 2.45) is 11.8 Å². The third kappa shape index (κ3) is 6.19. The van der Waals surface area contributed by atoms with Gasteiger partial charge in [-0.05, 0) is 49.7 Å². The van der Waals surface area contributed by atoms with Crippen LogP contribution in [-0.4, -0.2) is 47.8 Å². The first-order chi connectivity index (χ1) is 13.5. The number of piperidine rings is 1. The summed E-state index contributed by atoms with van der Waals surface area (Å²) < 4.78 is 0. The number of hydrogen-bond donors (Lipinski definition) is 2. The van der Waals surface area contributed by atoms with Gasteiger partial charge in [0.1, 0.15) is 11.6 Å². The summed E-state index contributed by atoms with van der Waals surface area (Å²) in [6.45, 7) is 11.8. The summed E-state index contributed by atoms with van der Waals surface area (Å²) in [5, 5.41) is 7.08. The number of nitrogens with one attached hydrogen (secondary N) is 2. The van der Waals surface area contributed by atoms with Crippen molar-refractivity contribution in [1.82, 2.24) is 15.3 Å². The molecule has 156 valence electrons. The zero-order chi connectivity index (χ0) is 19.9. The van der Waals surface area contributed by atoms with E-state index in [0.717, 1.165) is 50.3 Å². The van der Waals surface area contributed by atoms with E-state index in [-0.39, 0.29) is 0 Å². The van der Waals surface area contributed by atoms with E-state index < -0.39 is 0 Å². The van der Waals surface area contributed by atoms with E-state index in [0.29, 0.717) is 17.0 Å². The molecule has 0 atom stereocenters. The van der Waals surface area contributed by atoms with Gasteiger partial charge in [0, 0.05) is 38.8 Å². The Morgan fingerprint density at radius 2 is 1.61 bits per heavy atom. The van der Waals surface area contributed by atoms with Crippen molar-refractivity contribution in [3.8, 4) is 0 Å². The zero-order valence-electron chi connectivity index (χ0n) is 17.7. The fraction of sp³-hybridized carbons (Fsp3) is 0.762. The molecule has 0 unspecified atom stereocenters. The molecular formula is C21H36N6S. The van der Waals surface area contributed by atoms with Gasteiger partial charge in [0.25, 0.3) is 0 Å². The van der Waals surface area contributed by atoms with Crippen LogP contribution in [0.15, 0.2) is 6.07 Å². The Balaban J connectivity index is 1.79. The van der Waals surface area contributed by atoms with Crippen LogP contribution in [0.2, 0.25) is 0 Å². The van der Waals surface area contributed by atoms with Crippen LogP contribution in [0.1, 0.15) is 59.3 Å². The summed E-state index contributed by atoms with van der Waals surface area (Å²) in [5.74, 6) is 4.00. The summed E-state index contributed by atoms with van der Waals surface area (Å²) in [6.07, 6.45) is 7.54. The highest BCUT2D eigenvalue weighted by atomic mass is 32.1. The lowest BCUT2D eigenvalue weighted by atomic mass is 9.99. The highest BCUT2D eigenvalue weighted by molar-refractivity contribution is 7.80. The van der Waals surface area contributed by atoms with Crippen LogP contribution < -0.4 is 20.4 Å². The predicted octanol–water partition coefficient (Wildman–Crippen LogP) is 4.04. The van der Waals surface area contributed by atoms with E-state index in [9.17, 15) is 0 Å². The van der Waals surface area contributed by atoms with Gasteiger partial charge in [0.15, 0.2) is 5.11 Å². The second-order valence-electron chi connectivity index (χ2n) is 8.71. The lowest BCUT2D eigenvalue weighted by molar-refractivity contribution is 0.436. The molecule has 2 aliphatic rings. The second-order valence-corrected chi connectivity index (χ2v) is 9.12. The van der Waals surface area contributed by atoms with E-state index in [4.69, 9.17) is 22.2 Å². The SMILES string of the molecule is CC(C)CNC(=S)Nc1nc(N2CCCCCC2)cc(N2CCC(C)CC2)n1. The molecule has 0 amide bonds. The minimum absolute atomic E-state index is 0.537. The van der Waals surface area contributed by atoms with Crippen molar-refractivity contribution in [2.45, 2.75) is 59.3 Å². The van der Waals surface area contributed by atoms with Crippen LogP contribution in [-0.2, 0) is 0 Å². The monoisotopic (exact) mass is 404 g/mol. The summed E-state index contributed by atoms with van der Waals surface area (Å²) >= 11 is 5.46. The topological polar surface area (TPSA) is 56.3 Å². The largest absolute Gasteiger partial charge is 0.362 e. The molecule has 0 aromatic carbocycles. The number of thiocarbonyl (C=S) groups is 1. The van der Waals surface area contributed by atoms with Crippen LogP contribution in [0, 0.1) is 11.8 Å². The van der Waals surface area contributed by atoms with E-state index in [1.807, 2.05) is 0 Å². The molecule has 2 aliphatic heterocycles. The van der Waals surface area contributed by atoms with Gasteiger partial charge in [0.2, 0.25) is 5.95 Å². The molecule has 3 heterocycles. The average Bonchev–Trinajstić information content (AvgIpc) is 2.96. The number of rotatable bonds is 5. The molecular weight excluding hydrogens is 368 g/mol. The third-order valence-corrected chi connectivity index (χ3v) is 5.88. The molecule has 0 radical (unpaired) electrons. The standard InChI is InChI=1S/C21H36N6S/c1-16(2)15-22-21(28)25-20-23-18(26-10-6-4-5-7-11-26)14-19(24-20)27-12-8-17(3)9-13-27/h14,16-17H,4-13,15H2,1-3H3,(H2,22,23,24,25,28). The van der Waals surface area contributed by atoms with Gasteiger partial charge in [-0.3, -0.25) is 0 Å². The summed E-state index contributed by atoms with van der Waals surface area (Å²) in [6, 6.07) is 2.18. The van der Waals surface area contributed by atoms with E-state index >= 15 is 0 Å². The maximum atomic E-state index is 5.46. The molecule has 0 spiro atoms. The Labute approximate surface area is 175 Å². The van der Waals surface area contributed by atoms with Crippen molar-refractivity contribution in [2.75, 3.05) is 47.8 Å². The quantitative estimate of drug-likeness (QED) is 0.718. The molecule has 2 N–H and O–H groups in total. The predicted molar refractivity (Wildman–Crippen MR) is 122 cm³/mol. The molecule has 7 heteroatoms. The van der Waals surface area contributed by atoms with Gasteiger partial charge in [-0.25, -0.2) is 0 Å². The van der Waals surface area contributed by atoms with Crippen molar-refractivity contribution < 1.29 is 0 Å². The highest BCUT2D eigenvalue weighted by Crippen LogP contribution is 2.27. The van der Waals surface area contributed by atoms with Crippen LogP contribution in [0.3, 0.4) is 0 Å². The van der Waals surface area contributed by atoms with Crippen LogP contribution in [0.5, 0.6) is 0 Å². The molecule has 28 heavy (non-hydrogen) atoms. The highest BCUT2D eigenvalue weighted by Gasteiger charge is 2.21. The van der Waals surface area contributed by atoms with Gasteiger partial charge >= 0.3 is 0 Å². The minimum Gasteiger partial charge on any atom is -0.362 e. The van der Waals surface area contributed by atoms with Gasteiger partial charge < -0.3 is 20.4 Å².